The summed E-state index contributed by atoms with van der Waals surface area (Å²) in [4.78, 5) is 0. The first-order chi connectivity index (χ1) is 7.91. The van der Waals surface area contributed by atoms with E-state index in [0.29, 0.717) is 0 Å². The molecule has 1 rings (SSSR count). The molecule has 0 saturated heterocycles. The second-order valence-corrected chi connectivity index (χ2v) is 4.24. The molecular formula is C14H21N2PU. The number of nitriles is 1. The fraction of sp³-hybridized carbons (Fsp3) is 0.429. The van der Waals surface area contributed by atoms with Gasteiger partial charge < -0.3 is 5.50 Å². The van der Waals surface area contributed by atoms with Crippen molar-refractivity contribution in [2.24, 2.45) is 0 Å². The Balaban J connectivity index is 0. The minimum Gasteiger partial charge on any atom is -0.657 e. The number of rotatable bonds is 1. The molecule has 0 amide bonds. The van der Waals surface area contributed by atoms with Crippen LogP contribution in [-0.4, -0.2) is 0 Å². The van der Waals surface area contributed by atoms with Crippen LogP contribution in [0.5, 0.6) is 0 Å². The quantitative estimate of drug-likeness (QED) is 0.426. The van der Waals surface area contributed by atoms with E-state index in [2.05, 4.69) is 40.7 Å². The number of benzene rings is 1. The third kappa shape index (κ3) is 4.01. The van der Waals surface area contributed by atoms with Crippen LogP contribution in [0.1, 0.15) is 40.3 Å². The van der Waals surface area contributed by atoms with Crippen molar-refractivity contribution in [2.75, 3.05) is 0 Å². The van der Waals surface area contributed by atoms with Crippen molar-refractivity contribution in [2.45, 2.75) is 41.5 Å². The molecule has 4 heteroatoms. The largest absolute Gasteiger partial charge is 2.00 e. The van der Waals surface area contributed by atoms with E-state index in [9.17, 15) is 0 Å². The Morgan fingerprint density at radius 2 is 1.17 bits per heavy atom. The predicted molar refractivity (Wildman–Crippen MR) is 77.8 cm³/mol. The van der Waals surface area contributed by atoms with Gasteiger partial charge in [0.25, 0.3) is 0 Å². The topological polar surface area (TPSA) is 47.6 Å². The van der Waals surface area contributed by atoms with Crippen LogP contribution in [0.25, 0.3) is 5.50 Å². The first kappa shape index (κ1) is 20.3. The molecule has 1 aromatic rings. The van der Waals surface area contributed by atoms with Crippen molar-refractivity contribution in [3.63, 3.8) is 0 Å². The summed E-state index contributed by atoms with van der Waals surface area (Å²) in [5.74, 6) is 0.816. The molecule has 0 aliphatic carbocycles. The van der Waals surface area contributed by atoms with Crippen molar-refractivity contribution >= 4 is 9.39 Å². The van der Waals surface area contributed by atoms with Crippen LogP contribution in [0.4, 0.5) is 0 Å². The van der Waals surface area contributed by atoms with Crippen LogP contribution in [0.3, 0.4) is 0 Å². The van der Waals surface area contributed by atoms with E-state index < -0.39 is 0 Å². The summed E-state index contributed by atoms with van der Waals surface area (Å²) < 4.78 is 0. The number of hydrogen-bond donors (Lipinski definition) is 0. The van der Waals surface area contributed by atoms with Crippen LogP contribution in [0.2, 0.25) is 0 Å². The first-order valence-electron chi connectivity index (χ1n) is 5.51. The predicted octanol–water partition coefficient (Wildman–Crippen LogP) is 4.52. The summed E-state index contributed by atoms with van der Waals surface area (Å²) in [6.07, 6.45) is 0. The molecule has 1 aromatic carbocycles. The summed E-state index contributed by atoms with van der Waals surface area (Å²) in [7, 11) is 1.67. The van der Waals surface area contributed by atoms with Gasteiger partial charge in [0.15, 0.2) is 0 Å². The van der Waals surface area contributed by atoms with Crippen molar-refractivity contribution < 1.29 is 31.1 Å². The van der Waals surface area contributed by atoms with Gasteiger partial charge in [0, 0.05) is 6.07 Å². The molecule has 0 bridgehead atoms. The van der Waals surface area contributed by atoms with Gasteiger partial charge in [0.1, 0.15) is 0 Å². The van der Waals surface area contributed by atoms with E-state index in [0.717, 1.165) is 11.5 Å². The van der Waals surface area contributed by atoms with E-state index in [1.54, 1.807) is 9.39 Å². The maximum Gasteiger partial charge on any atom is 2.00 e. The van der Waals surface area contributed by atoms with Crippen molar-refractivity contribution in [1.29, 1.82) is 5.26 Å². The Kier molecular flexibility index (Phi) is 10.2. The average molecular weight is 486 g/mol. The first-order valence-corrected chi connectivity index (χ1v) is 6.09. The Labute approximate surface area is 137 Å². The molecule has 0 aromatic heterocycles. The third-order valence-electron chi connectivity index (χ3n) is 3.54. The maximum atomic E-state index is 9.00. The Morgan fingerprint density at radius 3 is 1.44 bits per heavy atom. The summed E-state index contributed by atoms with van der Waals surface area (Å²) in [5.41, 5.74) is 13.3. The smallest absolute Gasteiger partial charge is 0.657 e. The fourth-order valence-electron chi connectivity index (χ4n) is 2.12. The number of nitrogens with one attached hydrogen (secondary N) is 1. The van der Waals surface area contributed by atoms with Gasteiger partial charge in [-0.15, -0.1) is 22.3 Å². The summed E-state index contributed by atoms with van der Waals surface area (Å²) in [6, 6.07) is 2.25. The van der Waals surface area contributed by atoms with Crippen LogP contribution >= 0.6 is 9.39 Å². The zero-order valence-electron chi connectivity index (χ0n) is 12.0. The minimum atomic E-state index is 0. The zero-order chi connectivity index (χ0) is 13.7. The van der Waals surface area contributed by atoms with E-state index >= 15 is 0 Å². The van der Waals surface area contributed by atoms with Gasteiger partial charge >= 0.3 is 31.1 Å². The summed E-state index contributed by atoms with van der Waals surface area (Å²) in [6.45, 7) is 12.5. The van der Waals surface area contributed by atoms with E-state index in [1.165, 1.54) is 27.8 Å². The van der Waals surface area contributed by atoms with E-state index in [1.807, 2.05) is 6.92 Å². The van der Waals surface area contributed by atoms with Crippen molar-refractivity contribution in [3.05, 3.63) is 44.8 Å². The molecular weight excluding hydrogens is 465 g/mol. The molecule has 1 N–H and O–H groups in total. The number of hydrogen-bond acceptors (Lipinski definition) is 1. The van der Waals surface area contributed by atoms with Gasteiger partial charge in [0.2, 0.25) is 0 Å². The van der Waals surface area contributed by atoms with Gasteiger partial charge in [0.05, 0.1) is 0 Å². The monoisotopic (exact) mass is 486 g/mol. The molecule has 0 spiro atoms. The standard InChI is InChI=1S/C14H18N.H3NP.U/c1-8(7-15)14-12(5)10(3)9(2)11(4)13(14)6;1-2;/h1-6H3;1H,2H2;/q2*-1;+2. The Bertz CT molecular complexity index is 421. The van der Waals surface area contributed by atoms with Crippen molar-refractivity contribution in [1.82, 2.24) is 0 Å². The average Bonchev–Trinajstić information content (AvgIpc) is 2.36. The summed E-state index contributed by atoms with van der Waals surface area (Å²) in [5, 5.41) is 9.00. The molecule has 0 radical (unpaired) electrons. The molecule has 2 nitrogen and oxygen atoms in total. The van der Waals surface area contributed by atoms with Gasteiger partial charge in [-0.3, -0.25) is 9.39 Å². The molecule has 0 aliphatic heterocycles. The second-order valence-electron chi connectivity index (χ2n) is 4.24. The molecule has 0 aliphatic rings. The van der Waals surface area contributed by atoms with Crippen LogP contribution in [0.15, 0.2) is 0 Å². The molecule has 1 unspecified atom stereocenters. The molecule has 18 heavy (non-hydrogen) atoms. The third-order valence-corrected chi connectivity index (χ3v) is 3.54. The minimum absolute atomic E-state index is 0. The van der Waals surface area contributed by atoms with Crippen LogP contribution in [0, 0.1) is 83.0 Å². The van der Waals surface area contributed by atoms with Crippen LogP contribution in [-0.2, 0) is 0 Å². The van der Waals surface area contributed by atoms with E-state index in [-0.39, 0.29) is 31.1 Å². The molecule has 1 atom stereocenters. The fourth-order valence-corrected chi connectivity index (χ4v) is 2.12. The van der Waals surface area contributed by atoms with Gasteiger partial charge in [-0.2, -0.15) is 5.56 Å². The van der Waals surface area contributed by atoms with Crippen molar-refractivity contribution in [3.8, 4) is 6.07 Å². The molecule has 96 valence electrons. The summed E-state index contributed by atoms with van der Waals surface area (Å²) >= 11 is 0. The molecule has 0 heterocycles. The normalized spacial score (nSPS) is 8.61. The molecule has 0 saturated carbocycles. The van der Waals surface area contributed by atoms with E-state index in [4.69, 9.17) is 10.8 Å². The van der Waals surface area contributed by atoms with Gasteiger partial charge in [-0.1, -0.05) is 46.1 Å². The Hall–Kier alpha value is 0.0219. The maximum absolute atomic E-state index is 9.00. The van der Waals surface area contributed by atoms with Gasteiger partial charge in [-0.25, -0.2) is 5.26 Å². The zero-order valence-corrected chi connectivity index (χ0v) is 17.3. The second kappa shape index (κ2) is 9.01. The SMILES string of the molecule is Cc1c(C)c(C)c([C-](C)C#N)c(C)c1C.[NH-]P.[U+2]. The van der Waals surface area contributed by atoms with Gasteiger partial charge in [-0.05, 0) is 6.92 Å². The van der Waals surface area contributed by atoms with Crippen LogP contribution < -0.4 is 0 Å². The Morgan fingerprint density at radius 1 is 0.889 bits per heavy atom. The molecule has 0 fully saturated rings. The number of nitrogens with zero attached hydrogens (tertiary/aromatic N) is 1.